The second kappa shape index (κ2) is 4.73. The molecule has 0 amide bonds. The summed E-state index contributed by atoms with van der Waals surface area (Å²) in [6, 6.07) is 1.72. The Hall–Kier alpha value is -0.400. The van der Waals surface area contributed by atoms with Gasteiger partial charge in [-0.2, -0.15) is 5.26 Å². The maximum absolute atomic E-state index is 11.9. The molecule has 0 aliphatic rings. The summed E-state index contributed by atoms with van der Waals surface area (Å²) in [6.45, 7) is 5.06. The van der Waals surface area contributed by atoms with Gasteiger partial charge >= 0.3 is 7.60 Å². The van der Waals surface area contributed by atoms with Crippen molar-refractivity contribution in [1.82, 2.24) is 0 Å². The summed E-state index contributed by atoms with van der Waals surface area (Å²) in [6.07, 6.45) is 0. The van der Waals surface area contributed by atoms with Crippen molar-refractivity contribution >= 4 is 7.60 Å². The van der Waals surface area contributed by atoms with Gasteiger partial charge in [-0.15, -0.1) is 0 Å². The molecule has 0 bridgehead atoms. The molecule has 76 valence electrons. The zero-order chi connectivity index (χ0) is 10.5. The predicted octanol–water partition coefficient (Wildman–Crippen LogP) is 1.45. The Morgan fingerprint density at radius 3 is 2.08 bits per heavy atom. The predicted molar refractivity (Wildman–Crippen MR) is 49.1 cm³/mol. The first-order valence-corrected chi connectivity index (χ1v) is 5.57. The maximum atomic E-state index is 11.9. The van der Waals surface area contributed by atoms with Crippen molar-refractivity contribution in [2.45, 2.75) is 26.1 Å². The first-order chi connectivity index (χ1) is 5.93. The van der Waals surface area contributed by atoms with Crippen LogP contribution in [0.1, 0.15) is 20.8 Å². The summed E-state index contributed by atoms with van der Waals surface area (Å²) in [5, 5.41) is 7.09. The van der Waals surface area contributed by atoms with Crippen LogP contribution >= 0.6 is 7.60 Å². The SMILES string of the molecule is CCOP(=O)(OCC)[C@](C)(N)C#N. The van der Waals surface area contributed by atoms with Gasteiger partial charge in [0.25, 0.3) is 0 Å². The zero-order valence-corrected chi connectivity index (χ0v) is 9.01. The molecule has 0 aromatic heterocycles. The van der Waals surface area contributed by atoms with Gasteiger partial charge in [0.2, 0.25) is 5.28 Å². The highest BCUT2D eigenvalue weighted by Crippen LogP contribution is 2.56. The lowest BCUT2D eigenvalue weighted by molar-refractivity contribution is 0.206. The fourth-order valence-corrected chi connectivity index (χ4v) is 2.12. The number of nitrogens with two attached hydrogens (primary N) is 1. The van der Waals surface area contributed by atoms with Crippen LogP contribution in [0.5, 0.6) is 0 Å². The minimum absolute atomic E-state index is 0.200. The van der Waals surface area contributed by atoms with E-state index in [4.69, 9.17) is 20.0 Å². The number of nitrogens with zero attached hydrogens (tertiary/aromatic N) is 1. The molecule has 0 saturated heterocycles. The molecule has 5 nitrogen and oxygen atoms in total. The average Bonchev–Trinajstić information content (AvgIpc) is 2.05. The van der Waals surface area contributed by atoms with Gasteiger partial charge in [0.05, 0.1) is 19.3 Å². The summed E-state index contributed by atoms with van der Waals surface area (Å²) < 4.78 is 21.7. The first kappa shape index (κ1) is 12.6. The minimum atomic E-state index is -3.51. The van der Waals surface area contributed by atoms with Crippen molar-refractivity contribution in [3.05, 3.63) is 0 Å². The Bertz CT molecular complexity index is 237. The molecule has 1 atom stereocenters. The van der Waals surface area contributed by atoms with E-state index in [2.05, 4.69) is 0 Å². The average molecular weight is 206 g/mol. The number of hydrogen-bond acceptors (Lipinski definition) is 5. The third-order valence-corrected chi connectivity index (χ3v) is 3.83. The molecule has 0 aliphatic carbocycles. The van der Waals surface area contributed by atoms with Crippen LogP contribution in [0, 0.1) is 11.3 Å². The van der Waals surface area contributed by atoms with Gasteiger partial charge < -0.3 is 14.8 Å². The van der Waals surface area contributed by atoms with Gasteiger partial charge in [-0.3, -0.25) is 4.57 Å². The summed E-state index contributed by atoms with van der Waals surface area (Å²) in [5.74, 6) is 0. The molecule has 0 unspecified atom stereocenters. The number of hydrogen-bond donors (Lipinski definition) is 1. The van der Waals surface area contributed by atoms with Crippen LogP contribution in [0.4, 0.5) is 0 Å². The zero-order valence-electron chi connectivity index (χ0n) is 8.11. The lowest BCUT2D eigenvalue weighted by atomic mass is 10.4. The Balaban J connectivity index is 4.80. The minimum Gasteiger partial charge on any atom is -0.307 e. The van der Waals surface area contributed by atoms with E-state index in [1.165, 1.54) is 6.92 Å². The Morgan fingerprint density at radius 2 is 1.85 bits per heavy atom. The molecule has 0 spiro atoms. The van der Waals surface area contributed by atoms with E-state index < -0.39 is 12.9 Å². The lowest BCUT2D eigenvalue weighted by Gasteiger charge is -2.26. The summed E-state index contributed by atoms with van der Waals surface area (Å²) in [7, 11) is -3.51. The van der Waals surface area contributed by atoms with Crippen molar-refractivity contribution in [3.63, 3.8) is 0 Å². The second-order valence-corrected chi connectivity index (χ2v) is 5.03. The van der Waals surface area contributed by atoms with Crippen LogP contribution in [0.15, 0.2) is 0 Å². The van der Waals surface area contributed by atoms with Gasteiger partial charge in [-0.1, -0.05) is 0 Å². The van der Waals surface area contributed by atoms with E-state index in [1.54, 1.807) is 19.9 Å². The molecule has 0 aliphatic heterocycles. The highest BCUT2D eigenvalue weighted by molar-refractivity contribution is 7.55. The fourth-order valence-electron chi connectivity index (χ4n) is 0.707. The van der Waals surface area contributed by atoms with Crippen molar-refractivity contribution < 1.29 is 13.6 Å². The summed E-state index contributed by atoms with van der Waals surface area (Å²) >= 11 is 0. The van der Waals surface area contributed by atoms with E-state index in [9.17, 15) is 4.57 Å². The number of rotatable bonds is 5. The third-order valence-electron chi connectivity index (χ3n) is 1.39. The van der Waals surface area contributed by atoms with Crippen LogP contribution in [0.25, 0.3) is 0 Å². The summed E-state index contributed by atoms with van der Waals surface area (Å²) in [5.41, 5.74) is 5.49. The molecule has 0 aromatic rings. The van der Waals surface area contributed by atoms with Gasteiger partial charge in [0.1, 0.15) is 0 Å². The molecule has 0 radical (unpaired) electrons. The lowest BCUT2D eigenvalue weighted by Crippen LogP contribution is -2.35. The largest absolute Gasteiger partial charge is 0.364 e. The van der Waals surface area contributed by atoms with Gasteiger partial charge in [-0.25, -0.2) is 0 Å². The van der Waals surface area contributed by atoms with Gasteiger partial charge in [0, 0.05) is 0 Å². The molecule has 13 heavy (non-hydrogen) atoms. The van der Waals surface area contributed by atoms with E-state index in [0.717, 1.165) is 0 Å². The maximum Gasteiger partial charge on any atom is 0.364 e. The number of nitriles is 1. The normalized spacial score (nSPS) is 16.2. The van der Waals surface area contributed by atoms with Crippen LogP contribution in [0.2, 0.25) is 0 Å². The molecule has 2 N–H and O–H groups in total. The topological polar surface area (TPSA) is 85.3 Å². The molecule has 0 heterocycles. The molecule has 0 aromatic carbocycles. The Kier molecular flexibility index (Phi) is 4.58. The van der Waals surface area contributed by atoms with Crippen LogP contribution in [0.3, 0.4) is 0 Å². The molecular formula is C7H15N2O3P. The quantitative estimate of drug-likeness (QED) is 0.688. The Labute approximate surface area is 78.4 Å². The van der Waals surface area contributed by atoms with Gasteiger partial charge in [0.15, 0.2) is 0 Å². The Morgan fingerprint density at radius 1 is 1.46 bits per heavy atom. The van der Waals surface area contributed by atoms with Crippen molar-refractivity contribution in [1.29, 1.82) is 5.26 Å². The van der Waals surface area contributed by atoms with Crippen LogP contribution in [-0.4, -0.2) is 18.5 Å². The molecule has 0 rings (SSSR count). The van der Waals surface area contributed by atoms with Crippen molar-refractivity contribution in [3.8, 4) is 6.07 Å². The first-order valence-electron chi connectivity index (χ1n) is 4.03. The standard InChI is InChI=1S/C7H15N2O3P/c1-4-11-13(10,12-5-2)7(3,9)6-8/h4-5,9H2,1-3H3/t7-/m0/s1. The van der Waals surface area contributed by atoms with E-state index in [0.29, 0.717) is 0 Å². The second-order valence-electron chi connectivity index (χ2n) is 2.59. The molecule has 0 saturated carbocycles. The van der Waals surface area contributed by atoms with Crippen molar-refractivity contribution in [2.24, 2.45) is 5.73 Å². The third kappa shape index (κ3) is 2.78. The van der Waals surface area contributed by atoms with Crippen LogP contribution in [-0.2, 0) is 13.6 Å². The van der Waals surface area contributed by atoms with E-state index in [-0.39, 0.29) is 13.2 Å². The highest BCUT2D eigenvalue weighted by Gasteiger charge is 2.44. The molecule has 0 fully saturated rings. The monoisotopic (exact) mass is 206 g/mol. The van der Waals surface area contributed by atoms with E-state index in [1.807, 2.05) is 0 Å². The smallest absolute Gasteiger partial charge is 0.307 e. The van der Waals surface area contributed by atoms with E-state index >= 15 is 0 Å². The molecule has 6 heteroatoms. The fraction of sp³-hybridized carbons (Fsp3) is 0.857. The molecular weight excluding hydrogens is 191 g/mol. The highest BCUT2D eigenvalue weighted by atomic mass is 31.2. The summed E-state index contributed by atoms with van der Waals surface area (Å²) in [4.78, 5) is 0. The van der Waals surface area contributed by atoms with Crippen molar-refractivity contribution in [2.75, 3.05) is 13.2 Å². The van der Waals surface area contributed by atoms with Gasteiger partial charge in [-0.05, 0) is 20.8 Å². The van der Waals surface area contributed by atoms with Crippen LogP contribution < -0.4 is 5.73 Å².